The number of aromatic nitrogens is 2. The number of carbonyl (C=O) groups is 1. The van der Waals surface area contributed by atoms with E-state index in [1.54, 1.807) is 23.4 Å². The van der Waals surface area contributed by atoms with Gasteiger partial charge in [-0.2, -0.15) is 10.2 Å². The molecular formula is C10H11N3O. The van der Waals surface area contributed by atoms with Crippen LogP contribution in [0.25, 0.3) is 0 Å². The van der Waals surface area contributed by atoms with Crippen LogP contribution in [0.15, 0.2) is 31.1 Å². The first-order valence-electron chi connectivity index (χ1n) is 4.51. The van der Waals surface area contributed by atoms with Crippen LogP contribution in [-0.2, 0) is 4.79 Å². The van der Waals surface area contributed by atoms with Crippen molar-refractivity contribution in [2.24, 2.45) is 5.92 Å². The fraction of sp³-hybridized carbons (Fsp3) is 0.300. The van der Waals surface area contributed by atoms with Crippen LogP contribution in [0.2, 0.25) is 0 Å². The van der Waals surface area contributed by atoms with Gasteiger partial charge in [-0.15, -0.1) is 6.58 Å². The van der Waals surface area contributed by atoms with Crippen molar-refractivity contribution >= 4 is 11.6 Å². The maximum absolute atomic E-state index is 11.6. The highest BCUT2D eigenvalue weighted by Gasteiger charge is 2.28. The lowest BCUT2D eigenvalue weighted by atomic mass is 10.1. The minimum Gasteiger partial charge on any atom is -0.310 e. The average molecular weight is 189 g/mol. The highest BCUT2D eigenvalue weighted by atomic mass is 16.2. The van der Waals surface area contributed by atoms with E-state index in [0.717, 1.165) is 5.69 Å². The van der Waals surface area contributed by atoms with Crippen molar-refractivity contribution in [3.63, 3.8) is 0 Å². The molecule has 72 valence electrons. The number of rotatable bonds is 2. The van der Waals surface area contributed by atoms with Crippen LogP contribution in [0.5, 0.6) is 0 Å². The zero-order valence-corrected chi connectivity index (χ0v) is 7.76. The molecule has 0 bridgehead atoms. The first-order chi connectivity index (χ1) is 6.81. The molecule has 0 aliphatic carbocycles. The molecule has 0 saturated carbocycles. The Labute approximate surface area is 82.3 Å². The van der Waals surface area contributed by atoms with Crippen LogP contribution in [0.1, 0.15) is 6.42 Å². The topological polar surface area (TPSA) is 46.1 Å². The number of nitrogens with zero attached hydrogens (tertiary/aromatic N) is 3. The largest absolute Gasteiger partial charge is 0.310 e. The normalized spacial score (nSPS) is 21.3. The summed E-state index contributed by atoms with van der Waals surface area (Å²) in [5, 5.41) is 7.42. The predicted molar refractivity (Wildman–Crippen MR) is 52.7 cm³/mol. The predicted octanol–water partition coefficient (Wildman–Crippen LogP) is 1.02. The Bertz CT molecular complexity index is 350. The lowest BCUT2D eigenvalue weighted by molar-refractivity contribution is -0.117. The number of carbonyl (C=O) groups excluding carboxylic acids is 1. The summed E-state index contributed by atoms with van der Waals surface area (Å²) in [5.74, 6) is 0.388. The number of anilines is 1. The molecule has 4 heteroatoms. The van der Waals surface area contributed by atoms with E-state index >= 15 is 0 Å². The quantitative estimate of drug-likeness (QED) is 0.652. The average Bonchev–Trinajstić information content (AvgIpc) is 2.61. The smallest absolute Gasteiger partial charge is 0.227 e. The molecule has 1 aliphatic heterocycles. The molecule has 2 heterocycles. The Morgan fingerprint density at radius 1 is 1.57 bits per heavy atom. The van der Waals surface area contributed by atoms with Gasteiger partial charge < -0.3 is 4.90 Å². The van der Waals surface area contributed by atoms with Crippen molar-refractivity contribution in [1.29, 1.82) is 0 Å². The van der Waals surface area contributed by atoms with E-state index in [2.05, 4.69) is 16.8 Å². The van der Waals surface area contributed by atoms with Crippen LogP contribution in [0.3, 0.4) is 0 Å². The molecule has 0 aromatic carbocycles. The van der Waals surface area contributed by atoms with Gasteiger partial charge in [0.05, 0.1) is 18.1 Å². The van der Waals surface area contributed by atoms with Crippen LogP contribution in [0, 0.1) is 5.92 Å². The third-order valence-corrected chi connectivity index (χ3v) is 2.37. The summed E-state index contributed by atoms with van der Waals surface area (Å²) in [5.41, 5.74) is 0.814. The van der Waals surface area contributed by atoms with Gasteiger partial charge in [-0.25, -0.2) is 0 Å². The number of hydrogen-bond acceptors (Lipinski definition) is 3. The second kappa shape index (κ2) is 3.57. The Hall–Kier alpha value is -1.71. The molecule has 1 atom stereocenters. The van der Waals surface area contributed by atoms with E-state index in [9.17, 15) is 4.79 Å². The van der Waals surface area contributed by atoms with Crippen molar-refractivity contribution in [2.45, 2.75) is 6.42 Å². The summed E-state index contributed by atoms with van der Waals surface area (Å²) in [6.45, 7) is 4.40. The minimum absolute atomic E-state index is 0.128. The third kappa shape index (κ3) is 1.51. The summed E-state index contributed by atoms with van der Waals surface area (Å²) in [6, 6.07) is 1.79. The lowest BCUT2D eigenvalue weighted by Gasteiger charge is -2.14. The van der Waals surface area contributed by atoms with Crippen molar-refractivity contribution in [2.75, 3.05) is 11.4 Å². The highest BCUT2D eigenvalue weighted by molar-refractivity contribution is 5.95. The Morgan fingerprint density at radius 3 is 3.00 bits per heavy atom. The maximum Gasteiger partial charge on any atom is 0.227 e. The molecule has 1 fully saturated rings. The highest BCUT2D eigenvalue weighted by Crippen LogP contribution is 2.24. The fourth-order valence-electron chi connectivity index (χ4n) is 1.59. The second-order valence-corrected chi connectivity index (χ2v) is 3.30. The van der Waals surface area contributed by atoms with Gasteiger partial charge in [0.2, 0.25) is 5.91 Å². The lowest BCUT2D eigenvalue weighted by Crippen LogP contribution is -2.24. The van der Waals surface area contributed by atoms with Gasteiger partial charge in [0, 0.05) is 18.9 Å². The molecule has 1 amide bonds. The van der Waals surface area contributed by atoms with Crippen LogP contribution in [-0.4, -0.2) is 22.6 Å². The summed E-state index contributed by atoms with van der Waals surface area (Å²) < 4.78 is 0. The number of amides is 1. The third-order valence-electron chi connectivity index (χ3n) is 2.37. The minimum atomic E-state index is 0.128. The molecule has 0 N–H and O–H groups in total. The van der Waals surface area contributed by atoms with Crippen LogP contribution >= 0.6 is 0 Å². The van der Waals surface area contributed by atoms with Gasteiger partial charge in [-0.05, 0) is 6.07 Å². The molecule has 1 aromatic rings. The first-order valence-corrected chi connectivity index (χ1v) is 4.51. The van der Waals surface area contributed by atoms with E-state index in [4.69, 9.17) is 0 Å². The standard InChI is InChI=1S/C10H11N3O/c1-2-8-5-10(14)13(7-8)9-3-4-11-12-6-9/h2-4,6,8H,1,5,7H2. The molecule has 1 saturated heterocycles. The van der Waals surface area contributed by atoms with E-state index in [-0.39, 0.29) is 11.8 Å². The van der Waals surface area contributed by atoms with Crippen molar-refractivity contribution in [3.8, 4) is 0 Å². The molecule has 0 radical (unpaired) electrons. The molecule has 1 unspecified atom stereocenters. The van der Waals surface area contributed by atoms with Gasteiger partial charge in [0.15, 0.2) is 0 Å². The zero-order valence-electron chi connectivity index (χ0n) is 7.76. The van der Waals surface area contributed by atoms with Crippen molar-refractivity contribution < 1.29 is 4.79 Å². The van der Waals surface area contributed by atoms with Crippen LogP contribution in [0.4, 0.5) is 5.69 Å². The van der Waals surface area contributed by atoms with E-state index in [1.165, 1.54) is 0 Å². The molecule has 0 spiro atoms. The van der Waals surface area contributed by atoms with E-state index in [1.807, 2.05) is 6.08 Å². The zero-order chi connectivity index (χ0) is 9.97. The molecule has 2 rings (SSSR count). The van der Waals surface area contributed by atoms with Gasteiger partial charge >= 0.3 is 0 Å². The monoisotopic (exact) mass is 189 g/mol. The van der Waals surface area contributed by atoms with Gasteiger partial charge in [0.1, 0.15) is 0 Å². The first kappa shape index (κ1) is 8.87. The van der Waals surface area contributed by atoms with Crippen LogP contribution < -0.4 is 4.90 Å². The van der Waals surface area contributed by atoms with Crippen molar-refractivity contribution in [1.82, 2.24) is 10.2 Å². The molecular weight excluding hydrogens is 178 g/mol. The van der Waals surface area contributed by atoms with E-state index in [0.29, 0.717) is 13.0 Å². The Balaban J connectivity index is 2.21. The Morgan fingerprint density at radius 2 is 2.43 bits per heavy atom. The van der Waals surface area contributed by atoms with Gasteiger partial charge in [-0.1, -0.05) is 6.08 Å². The SMILES string of the molecule is C=CC1CC(=O)N(c2ccnnc2)C1. The summed E-state index contributed by atoms with van der Waals surface area (Å²) in [6.07, 6.45) is 5.56. The summed E-state index contributed by atoms with van der Waals surface area (Å²) >= 11 is 0. The second-order valence-electron chi connectivity index (χ2n) is 3.30. The van der Waals surface area contributed by atoms with Gasteiger partial charge in [0.25, 0.3) is 0 Å². The van der Waals surface area contributed by atoms with E-state index < -0.39 is 0 Å². The molecule has 4 nitrogen and oxygen atoms in total. The summed E-state index contributed by atoms with van der Waals surface area (Å²) in [7, 11) is 0. The Kier molecular flexibility index (Phi) is 2.26. The molecule has 1 aliphatic rings. The number of hydrogen-bond donors (Lipinski definition) is 0. The molecule has 14 heavy (non-hydrogen) atoms. The summed E-state index contributed by atoms with van der Waals surface area (Å²) in [4.78, 5) is 13.3. The molecule has 1 aromatic heterocycles. The van der Waals surface area contributed by atoms with Crippen molar-refractivity contribution in [3.05, 3.63) is 31.1 Å². The van der Waals surface area contributed by atoms with Gasteiger partial charge in [-0.3, -0.25) is 4.79 Å². The fourth-order valence-corrected chi connectivity index (χ4v) is 1.59. The maximum atomic E-state index is 11.6.